The number of rotatable bonds is 1. The average Bonchev–Trinajstić information content (AvgIpc) is 2.48. The molecule has 0 amide bonds. The third-order valence-electron chi connectivity index (χ3n) is 2.30. The summed E-state index contributed by atoms with van der Waals surface area (Å²) in [5.74, 6) is -0.935. The van der Waals surface area contributed by atoms with E-state index >= 15 is 0 Å². The van der Waals surface area contributed by atoms with Gasteiger partial charge in [-0.2, -0.15) is 0 Å². The van der Waals surface area contributed by atoms with E-state index in [9.17, 15) is 4.79 Å². The SMILES string of the molecule is CN1Cc2nc(C(=O)O)sc2CN1C.[H-].[Li+]. The van der Waals surface area contributed by atoms with Crippen LogP contribution in [0.1, 0.15) is 21.8 Å². The maximum atomic E-state index is 10.7. The molecular formula is C8H12LiN3O2S. The first-order chi connectivity index (χ1) is 6.58. The van der Waals surface area contributed by atoms with Crippen LogP contribution in [0.3, 0.4) is 0 Å². The molecule has 78 valence electrons. The second kappa shape index (κ2) is 4.64. The quantitative estimate of drug-likeness (QED) is 0.543. The smallest absolute Gasteiger partial charge is 1.00 e. The first-order valence-electron chi connectivity index (χ1n) is 4.22. The molecule has 0 aromatic carbocycles. The normalized spacial score (nSPS) is 16.9. The fourth-order valence-electron chi connectivity index (χ4n) is 1.39. The summed E-state index contributed by atoms with van der Waals surface area (Å²) in [6.07, 6.45) is 0. The van der Waals surface area contributed by atoms with Gasteiger partial charge in [0, 0.05) is 25.5 Å². The van der Waals surface area contributed by atoms with Crippen LogP contribution in [-0.2, 0) is 13.1 Å². The molecule has 1 aromatic rings. The van der Waals surface area contributed by atoms with Gasteiger partial charge in [0.25, 0.3) is 0 Å². The van der Waals surface area contributed by atoms with Crippen molar-refractivity contribution in [1.29, 1.82) is 0 Å². The van der Waals surface area contributed by atoms with Crippen molar-refractivity contribution in [3.05, 3.63) is 15.6 Å². The average molecular weight is 221 g/mol. The second-order valence-corrected chi connectivity index (χ2v) is 4.41. The maximum absolute atomic E-state index is 10.7. The number of carboxylic acids is 1. The van der Waals surface area contributed by atoms with Crippen molar-refractivity contribution in [3.8, 4) is 0 Å². The summed E-state index contributed by atoms with van der Waals surface area (Å²) < 4.78 is 0. The molecular weight excluding hydrogens is 209 g/mol. The summed E-state index contributed by atoms with van der Waals surface area (Å²) in [6, 6.07) is 0. The summed E-state index contributed by atoms with van der Waals surface area (Å²) in [4.78, 5) is 15.8. The molecule has 0 atom stereocenters. The third-order valence-corrected chi connectivity index (χ3v) is 3.37. The molecule has 7 heteroatoms. The van der Waals surface area contributed by atoms with Gasteiger partial charge >= 0.3 is 24.8 Å². The summed E-state index contributed by atoms with van der Waals surface area (Å²) in [5.41, 5.74) is 0.896. The molecule has 15 heavy (non-hydrogen) atoms. The van der Waals surface area contributed by atoms with Crippen molar-refractivity contribution < 1.29 is 30.2 Å². The predicted molar refractivity (Wildman–Crippen MR) is 53.1 cm³/mol. The summed E-state index contributed by atoms with van der Waals surface area (Å²) >= 11 is 1.27. The Kier molecular flexibility index (Phi) is 3.92. The third kappa shape index (κ3) is 2.41. The molecule has 0 saturated heterocycles. The number of aromatic nitrogens is 1. The number of fused-ring (bicyclic) bond motifs is 1. The molecule has 0 spiro atoms. The molecule has 0 unspecified atom stereocenters. The number of hydrazine groups is 1. The van der Waals surface area contributed by atoms with E-state index in [4.69, 9.17) is 5.11 Å². The number of carboxylic acid groups (broad SMARTS) is 1. The minimum atomic E-state index is -0.935. The number of nitrogens with zero attached hydrogens (tertiary/aromatic N) is 3. The Morgan fingerprint density at radius 3 is 2.67 bits per heavy atom. The minimum Gasteiger partial charge on any atom is -1.00 e. The monoisotopic (exact) mass is 221 g/mol. The van der Waals surface area contributed by atoms with Crippen molar-refractivity contribution in [2.75, 3.05) is 14.1 Å². The van der Waals surface area contributed by atoms with Crippen LogP contribution in [-0.4, -0.2) is 40.2 Å². The molecule has 0 saturated carbocycles. The Morgan fingerprint density at radius 2 is 2.07 bits per heavy atom. The number of carbonyl (C=O) groups is 1. The van der Waals surface area contributed by atoms with Gasteiger partial charge < -0.3 is 6.53 Å². The standard InChI is InChI=1S/C8H11N3O2S.Li.H/c1-10-3-5-6(4-11(10)2)14-7(9-5)8(12)13;;/h3-4H2,1-2H3,(H,12,13);;/q;+1;-1. The molecule has 0 aliphatic carbocycles. The van der Waals surface area contributed by atoms with Crippen molar-refractivity contribution >= 4 is 17.3 Å². The van der Waals surface area contributed by atoms with E-state index in [0.29, 0.717) is 6.54 Å². The zero-order valence-corrected chi connectivity index (χ0v) is 9.84. The van der Waals surface area contributed by atoms with Crippen LogP contribution in [0.4, 0.5) is 0 Å². The number of thiazole rings is 1. The molecule has 2 rings (SSSR count). The van der Waals surface area contributed by atoms with Gasteiger partial charge in [-0.25, -0.2) is 19.8 Å². The van der Waals surface area contributed by atoms with Crippen LogP contribution in [0, 0.1) is 0 Å². The Bertz CT molecular complexity index is 360. The van der Waals surface area contributed by atoms with E-state index < -0.39 is 5.97 Å². The summed E-state index contributed by atoms with van der Waals surface area (Å²) in [7, 11) is 3.94. The Balaban J connectivity index is 0.00000112. The Hall–Kier alpha value is -0.383. The first-order valence-corrected chi connectivity index (χ1v) is 5.03. The van der Waals surface area contributed by atoms with Crippen LogP contribution in [0.25, 0.3) is 0 Å². The molecule has 0 bridgehead atoms. The number of hydrogen-bond donors (Lipinski definition) is 1. The molecule has 0 fully saturated rings. The van der Waals surface area contributed by atoms with Crippen LogP contribution in [0.15, 0.2) is 0 Å². The van der Waals surface area contributed by atoms with Gasteiger partial charge in [0.15, 0.2) is 0 Å². The van der Waals surface area contributed by atoms with Crippen molar-refractivity contribution in [2.24, 2.45) is 0 Å². The first kappa shape index (κ1) is 12.7. The van der Waals surface area contributed by atoms with E-state index in [0.717, 1.165) is 17.1 Å². The zero-order chi connectivity index (χ0) is 10.3. The maximum Gasteiger partial charge on any atom is 1.00 e. The van der Waals surface area contributed by atoms with Crippen molar-refractivity contribution in [3.63, 3.8) is 0 Å². The topological polar surface area (TPSA) is 56.7 Å². The van der Waals surface area contributed by atoms with Crippen molar-refractivity contribution in [1.82, 2.24) is 15.0 Å². The molecule has 0 radical (unpaired) electrons. The van der Waals surface area contributed by atoms with Gasteiger partial charge in [-0.1, -0.05) is 0 Å². The van der Waals surface area contributed by atoms with Gasteiger partial charge in [0.05, 0.1) is 12.2 Å². The summed E-state index contributed by atoms with van der Waals surface area (Å²) in [6.45, 7) is 1.44. The summed E-state index contributed by atoms with van der Waals surface area (Å²) in [5, 5.41) is 13.0. The van der Waals surface area contributed by atoms with Crippen LogP contribution >= 0.6 is 11.3 Å². The van der Waals surface area contributed by atoms with Gasteiger partial charge in [0.1, 0.15) is 0 Å². The molecule has 5 nitrogen and oxygen atoms in total. The fraction of sp³-hybridized carbons (Fsp3) is 0.500. The second-order valence-electron chi connectivity index (χ2n) is 3.33. The van der Waals surface area contributed by atoms with Crippen LogP contribution in [0.5, 0.6) is 0 Å². The Morgan fingerprint density at radius 1 is 1.47 bits per heavy atom. The van der Waals surface area contributed by atoms with Crippen LogP contribution < -0.4 is 18.9 Å². The fourth-order valence-corrected chi connectivity index (χ4v) is 2.34. The molecule has 1 aliphatic rings. The van der Waals surface area contributed by atoms with E-state index in [1.54, 1.807) is 0 Å². The number of aromatic carboxylic acids is 1. The van der Waals surface area contributed by atoms with Gasteiger partial charge in [-0.05, 0) is 0 Å². The van der Waals surface area contributed by atoms with Crippen molar-refractivity contribution in [2.45, 2.75) is 13.1 Å². The largest absolute Gasteiger partial charge is 1.00 e. The van der Waals surface area contributed by atoms with Gasteiger partial charge in [0.2, 0.25) is 5.01 Å². The van der Waals surface area contributed by atoms with E-state index in [1.165, 1.54) is 11.3 Å². The van der Waals surface area contributed by atoms with E-state index in [1.807, 2.05) is 24.1 Å². The minimum absolute atomic E-state index is 0. The van der Waals surface area contributed by atoms with Crippen LogP contribution in [0.2, 0.25) is 0 Å². The van der Waals surface area contributed by atoms with E-state index in [2.05, 4.69) is 4.98 Å². The molecule has 1 N–H and O–H groups in total. The molecule has 2 heterocycles. The van der Waals surface area contributed by atoms with Gasteiger partial charge in [-0.3, -0.25) is 0 Å². The van der Waals surface area contributed by atoms with E-state index in [-0.39, 0.29) is 25.3 Å². The Labute approximate surface area is 105 Å². The predicted octanol–water partition coefficient (Wildman–Crippen LogP) is -2.25. The zero-order valence-electron chi connectivity index (χ0n) is 10.0. The number of hydrogen-bond acceptors (Lipinski definition) is 5. The van der Waals surface area contributed by atoms with Gasteiger partial charge in [-0.15, -0.1) is 11.3 Å². The molecule has 1 aromatic heterocycles. The molecule has 1 aliphatic heterocycles.